The van der Waals surface area contributed by atoms with Crippen LogP contribution in [0.4, 0.5) is 4.39 Å². The molecule has 0 heterocycles. The third-order valence-electron chi connectivity index (χ3n) is 3.38. The number of hydrogen-bond acceptors (Lipinski definition) is 2. The monoisotopic (exact) mass is 237 g/mol. The minimum Gasteiger partial charge on any atom is -0.372 e. The Balaban J connectivity index is 1.85. The highest BCUT2D eigenvalue weighted by Crippen LogP contribution is 2.20. The quantitative estimate of drug-likeness (QED) is 0.820. The predicted molar refractivity (Wildman–Crippen MR) is 66.0 cm³/mol. The Bertz CT molecular complexity index is 339. The molecule has 1 aromatic carbocycles. The predicted octanol–water partition coefficient (Wildman–Crippen LogP) is 3.00. The van der Waals surface area contributed by atoms with Crippen LogP contribution in [-0.2, 0) is 11.3 Å². The summed E-state index contributed by atoms with van der Waals surface area (Å²) in [6.07, 6.45) is 5.91. The Kier molecular flexibility index (Phi) is 4.51. The summed E-state index contributed by atoms with van der Waals surface area (Å²) in [5.41, 5.74) is 7.08. The molecule has 1 aliphatic rings. The molecule has 1 aliphatic carbocycles. The number of ether oxygens (including phenoxy) is 1. The van der Waals surface area contributed by atoms with Crippen molar-refractivity contribution in [3.63, 3.8) is 0 Å². The molecule has 0 bridgehead atoms. The summed E-state index contributed by atoms with van der Waals surface area (Å²) in [7, 11) is 0. The standard InChI is InChI=1S/C14H20FNO/c15-12-8-6-11(7-9-12)10-17-14-5-3-1-2-4-13(14)16/h6-9,13-14H,1-5,10,16H2. The van der Waals surface area contributed by atoms with E-state index in [4.69, 9.17) is 10.5 Å². The van der Waals surface area contributed by atoms with Gasteiger partial charge in [0.1, 0.15) is 5.82 Å². The van der Waals surface area contributed by atoms with E-state index in [9.17, 15) is 4.39 Å². The van der Waals surface area contributed by atoms with Crippen LogP contribution < -0.4 is 5.73 Å². The van der Waals surface area contributed by atoms with E-state index in [0.29, 0.717) is 6.61 Å². The average molecular weight is 237 g/mol. The maximum atomic E-state index is 12.7. The van der Waals surface area contributed by atoms with Crippen LogP contribution in [0.2, 0.25) is 0 Å². The Morgan fingerprint density at radius 2 is 1.82 bits per heavy atom. The lowest BCUT2D eigenvalue weighted by Crippen LogP contribution is -2.35. The van der Waals surface area contributed by atoms with Crippen molar-refractivity contribution in [3.05, 3.63) is 35.6 Å². The molecule has 0 aliphatic heterocycles. The first-order valence-electron chi connectivity index (χ1n) is 6.37. The van der Waals surface area contributed by atoms with Gasteiger partial charge in [0.15, 0.2) is 0 Å². The van der Waals surface area contributed by atoms with Crippen LogP contribution in [0.3, 0.4) is 0 Å². The third-order valence-corrected chi connectivity index (χ3v) is 3.38. The van der Waals surface area contributed by atoms with Crippen molar-refractivity contribution in [2.24, 2.45) is 5.73 Å². The van der Waals surface area contributed by atoms with Gasteiger partial charge in [0, 0.05) is 6.04 Å². The van der Waals surface area contributed by atoms with Crippen LogP contribution in [0.1, 0.15) is 37.7 Å². The number of nitrogens with two attached hydrogens (primary N) is 1. The first-order valence-corrected chi connectivity index (χ1v) is 6.37. The average Bonchev–Trinajstić information content (AvgIpc) is 2.54. The van der Waals surface area contributed by atoms with Gasteiger partial charge in [-0.05, 0) is 30.5 Å². The van der Waals surface area contributed by atoms with Gasteiger partial charge in [-0.15, -0.1) is 0 Å². The van der Waals surface area contributed by atoms with Crippen molar-refractivity contribution in [2.75, 3.05) is 0 Å². The molecule has 2 rings (SSSR count). The van der Waals surface area contributed by atoms with Crippen LogP contribution in [0.15, 0.2) is 24.3 Å². The highest BCUT2D eigenvalue weighted by molar-refractivity contribution is 5.15. The van der Waals surface area contributed by atoms with Crippen molar-refractivity contribution >= 4 is 0 Å². The van der Waals surface area contributed by atoms with E-state index in [0.717, 1.165) is 18.4 Å². The Morgan fingerprint density at radius 3 is 2.59 bits per heavy atom. The van der Waals surface area contributed by atoms with E-state index >= 15 is 0 Å². The fraction of sp³-hybridized carbons (Fsp3) is 0.571. The molecule has 0 saturated heterocycles. The zero-order valence-corrected chi connectivity index (χ0v) is 10.1. The van der Waals surface area contributed by atoms with Gasteiger partial charge in [0.05, 0.1) is 12.7 Å². The molecule has 2 unspecified atom stereocenters. The van der Waals surface area contributed by atoms with Crippen molar-refractivity contribution in [2.45, 2.75) is 50.9 Å². The number of rotatable bonds is 3. The molecule has 1 saturated carbocycles. The van der Waals surface area contributed by atoms with E-state index in [2.05, 4.69) is 0 Å². The molecule has 1 fully saturated rings. The molecule has 94 valence electrons. The number of halogens is 1. The maximum absolute atomic E-state index is 12.7. The second-order valence-electron chi connectivity index (χ2n) is 4.78. The molecule has 2 atom stereocenters. The molecule has 0 amide bonds. The SMILES string of the molecule is NC1CCCCCC1OCc1ccc(F)cc1. The van der Waals surface area contributed by atoms with Gasteiger partial charge in [-0.25, -0.2) is 4.39 Å². The molecule has 3 heteroatoms. The summed E-state index contributed by atoms with van der Waals surface area (Å²) in [6, 6.07) is 6.60. The van der Waals surface area contributed by atoms with Crippen LogP contribution >= 0.6 is 0 Å². The second-order valence-corrected chi connectivity index (χ2v) is 4.78. The molecule has 0 spiro atoms. The molecule has 1 aromatic rings. The lowest BCUT2D eigenvalue weighted by atomic mass is 10.1. The molecule has 2 N–H and O–H groups in total. The zero-order chi connectivity index (χ0) is 12.1. The molecular weight excluding hydrogens is 217 g/mol. The number of benzene rings is 1. The van der Waals surface area contributed by atoms with Gasteiger partial charge < -0.3 is 10.5 Å². The summed E-state index contributed by atoms with van der Waals surface area (Å²) in [6.45, 7) is 0.526. The minimum absolute atomic E-state index is 0.151. The Morgan fingerprint density at radius 1 is 1.12 bits per heavy atom. The summed E-state index contributed by atoms with van der Waals surface area (Å²) in [4.78, 5) is 0. The van der Waals surface area contributed by atoms with Crippen molar-refractivity contribution in [1.82, 2.24) is 0 Å². The summed E-state index contributed by atoms with van der Waals surface area (Å²) in [5.74, 6) is -0.208. The van der Waals surface area contributed by atoms with E-state index in [1.807, 2.05) is 0 Å². The van der Waals surface area contributed by atoms with E-state index in [-0.39, 0.29) is 18.0 Å². The van der Waals surface area contributed by atoms with Gasteiger partial charge in [0.25, 0.3) is 0 Å². The Hall–Kier alpha value is -0.930. The first kappa shape index (κ1) is 12.5. The molecule has 17 heavy (non-hydrogen) atoms. The first-order chi connectivity index (χ1) is 8.25. The third kappa shape index (κ3) is 3.79. The largest absolute Gasteiger partial charge is 0.372 e. The topological polar surface area (TPSA) is 35.2 Å². The maximum Gasteiger partial charge on any atom is 0.123 e. The lowest BCUT2D eigenvalue weighted by molar-refractivity contribution is 0.0194. The van der Waals surface area contributed by atoms with Gasteiger partial charge in [-0.2, -0.15) is 0 Å². The van der Waals surface area contributed by atoms with Crippen LogP contribution in [0.25, 0.3) is 0 Å². The van der Waals surface area contributed by atoms with Crippen LogP contribution in [0.5, 0.6) is 0 Å². The summed E-state index contributed by atoms with van der Waals surface area (Å²) in [5, 5.41) is 0. The summed E-state index contributed by atoms with van der Waals surface area (Å²) < 4.78 is 18.6. The highest BCUT2D eigenvalue weighted by atomic mass is 19.1. The molecule has 0 radical (unpaired) electrons. The van der Waals surface area contributed by atoms with Crippen LogP contribution in [-0.4, -0.2) is 12.1 Å². The van der Waals surface area contributed by atoms with Crippen molar-refractivity contribution in [1.29, 1.82) is 0 Å². The van der Waals surface area contributed by atoms with Gasteiger partial charge in [0.2, 0.25) is 0 Å². The van der Waals surface area contributed by atoms with E-state index in [1.165, 1.54) is 31.4 Å². The molecule has 0 aromatic heterocycles. The van der Waals surface area contributed by atoms with Gasteiger partial charge in [-0.1, -0.05) is 31.4 Å². The minimum atomic E-state index is -0.208. The molecular formula is C14H20FNO. The van der Waals surface area contributed by atoms with Gasteiger partial charge in [-0.3, -0.25) is 0 Å². The lowest BCUT2D eigenvalue weighted by Gasteiger charge is -2.21. The smallest absolute Gasteiger partial charge is 0.123 e. The highest BCUT2D eigenvalue weighted by Gasteiger charge is 2.20. The van der Waals surface area contributed by atoms with Crippen molar-refractivity contribution < 1.29 is 9.13 Å². The van der Waals surface area contributed by atoms with E-state index < -0.39 is 0 Å². The number of hydrogen-bond donors (Lipinski definition) is 1. The van der Waals surface area contributed by atoms with Crippen LogP contribution in [0, 0.1) is 5.82 Å². The normalized spacial score (nSPS) is 25.5. The zero-order valence-electron chi connectivity index (χ0n) is 10.1. The van der Waals surface area contributed by atoms with Crippen molar-refractivity contribution in [3.8, 4) is 0 Å². The summed E-state index contributed by atoms with van der Waals surface area (Å²) >= 11 is 0. The van der Waals surface area contributed by atoms with Gasteiger partial charge >= 0.3 is 0 Å². The fourth-order valence-electron chi connectivity index (χ4n) is 2.29. The van der Waals surface area contributed by atoms with E-state index in [1.54, 1.807) is 12.1 Å². The fourth-order valence-corrected chi connectivity index (χ4v) is 2.29. The second kappa shape index (κ2) is 6.12. The Labute approximate surface area is 102 Å². The molecule has 2 nitrogen and oxygen atoms in total.